The van der Waals surface area contributed by atoms with Gasteiger partial charge in [0.1, 0.15) is 0 Å². The van der Waals surface area contributed by atoms with Crippen LogP contribution >= 0.6 is 0 Å². The van der Waals surface area contributed by atoms with Gasteiger partial charge in [0.05, 0.1) is 5.84 Å². The van der Waals surface area contributed by atoms with Gasteiger partial charge in [0, 0.05) is 12.7 Å². The molecule has 0 aliphatic heterocycles. The molecule has 0 saturated carbocycles. The molecule has 0 unspecified atom stereocenters. The molecule has 1 N–H and O–H groups in total. The monoisotopic (exact) mass is 210 g/mol. The van der Waals surface area contributed by atoms with Gasteiger partial charge in [0.25, 0.3) is 0 Å². The average molecular weight is 210 g/mol. The Hall–Kier alpha value is -0.790. The summed E-state index contributed by atoms with van der Waals surface area (Å²) in [4.78, 5) is 4.46. The molecule has 2 nitrogen and oxygen atoms in total. The summed E-state index contributed by atoms with van der Waals surface area (Å²) in [5.41, 5.74) is 1.36. The summed E-state index contributed by atoms with van der Waals surface area (Å²) in [6, 6.07) is 0. The quantitative estimate of drug-likeness (QED) is 0.385. The fraction of sp³-hybridized carbons (Fsp3) is 0.769. The Kier molecular flexibility index (Phi) is 9.24. The first-order valence-corrected chi connectivity index (χ1v) is 6.13. The number of nitrogens with one attached hydrogen (secondary N) is 1. The van der Waals surface area contributed by atoms with Crippen molar-refractivity contribution in [3.05, 3.63) is 11.8 Å². The summed E-state index contributed by atoms with van der Waals surface area (Å²) in [5.74, 6) is 1.03. The Morgan fingerprint density at radius 1 is 1.13 bits per heavy atom. The minimum Gasteiger partial charge on any atom is -0.351 e. The van der Waals surface area contributed by atoms with Crippen LogP contribution in [0.5, 0.6) is 0 Å². The molecule has 0 aromatic heterocycles. The minimum atomic E-state index is 0.956. The number of aliphatic imine (C=N–C) groups is 1. The molecule has 88 valence electrons. The van der Waals surface area contributed by atoms with E-state index in [0.29, 0.717) is 0 Å². The first kappa shape index (κ1) is 14.2. The van der Waals surface area contributed by atoms with Crippen LogP contribution < -0.4 is 5.32 Å². The van der Waals surface area contributed by atoms with E-state index in [1.54, 1.807) is 0 Å². The number of rotatable bonds is 7. The van der Waals surface area contributed by atoms with Crippen molar-refractivity contribution >= 4 is 5.84 Å². The molecule has 0 spiro atoms. The maximum Gasteiger partial charge on any atom is 0.0970 e. The molecule has 15 heavy (non-hydrogen) atoms. The first-order valence-electron chi connectivity index (χ1n) is 6.13. The van der Waals surface area contributed by atoms with E-state index in [2.05, 4.69) is 31.1 Å². The van der Waals surface area contributed by atoms with E-state index in [4.69, 9.17) is 0 Å². The van der Waals surface area contributed by atoms with Crippen LogP contribution in [0.3, 0.4) is 0 Å². The second-order valence-corrected chi connectivity index (χ2v) is 4.02. The number of hydrogen-bond acceptors (Lipinski definition) is 1. The van der Waals surface area contributed by atoms with Crippen LogP contribution in [-0.2, 0) is 0 Å². The van der Waals surface area contributed by atoms with E-state index in [-0.39, 0.29) is 0 Å². The van der Waals surface area contributed by atoms with Crippen LogP contribution in [0.2, 0.25) is 0 Å². The molecule has 0 aromatic carbocycles. The Morgan fingerprint density at radius 2 is 1.87 bits per heavy atom. The lowest BCUT2D eigenvalue weighted by Gasteiger charge is -2.02. The SMILES string of the molecule is CCCCCCN=C(C)NC=C(C)CC. The van der Waals surface area contributed by atoms with Crippen molar-refractivity contribution < 1.29 is 0 Å². The largest absolute Gasteiger partial charge is 0.351 e. The first-order chi connectivity index (χ1) is 7.20. The highest BCUT2D eigenvalue weighted by Crippen LogP contribution is 1.99. The Morgan fingerprint density at radius 3 is 2.47 bits per heavy atom. The summed E-state index contributed by atoms with van der Waals surface area (Å²) < 4.78 is 0. The number of unbranched alkanes of at least 4 members (excludes halogenated alkanes) is 3. The van der Waals surface area contributed by atoms with Gasteiger partial charge in [-0.3, -0.25) is 4.99 Å². The molecule has 0 saturated heterocycles. The van der Waals surface area contributed by atoms with E-state index in [9.17, 15) is 0 Å². The van der Waals surface area contributed by atoms with Gasteiger partial charge in [-0.2, -0.15) is 0 Å². The maximum atomic E-state index is 4.46. The standard InChI is InChI=1S/C13H26N2/c1-5-7-8-9-10-14-13(4)15-11-12(3)6-2/h11H,5-10H2,1-4H3,(H,14,15). The molecular formula is C13H26N2. The zero-order valence-corrected chi connectivity index (χ0v) is 10.8. The highest BCUT2D eigenvalue weighted by molar-refractivity contribution is 5.80. The van der Waals surface area contributed by atoms with Gasteiger partial charge in [-0.1, -0.05) is 38.7 Å². The van der Waals surface area contributed by atoms with Gasteiger partial charge in [-0.05, 0) is 26.7 Å². The van der Waals surface area contributed by atoms with Crippen molar-refractivity contribution in [2.24, 2.45) is 4.99 Å². The molecular weight excluding hydrogens is 184 g/mol. The van der Waals surface area contributed by atoms with E-state index in [1.807, 2.05) is 13.1 Å². The van der Waals surface area contributed by atoms with Crippen molar-refractivity contribution in [3.8, 4) is 0 Å². The summed E-state index contributed by atoms with van der Waals surface area (Å²) in [7, 11) is 0. The fourth-order valence-corrected chi connectivity index (χ4v) is 1.16. The average Bonchev–Trinajstić information content (AvgIpc) is 2.25. The molecule has 0 aliphatic carbocycles. The van der Waals surface area contributed by atoms with Gasteiger partial charge >= 0.3 is 0 Å². The lowest BCUT2D eigenvalue weighted by Crippen LogP contribution is -2.14. The maximum absolute atomic E-state index is 4.46. The summed E-state index contributed by atoms with van der Waals surface area (Å²) >= 11 is 0. The number of hydrogen-bond donors (Lipinski definition) is 1. The third kappa shape index (κ3) is 9.51. The molecule has 0 heterocycles. The molecule has 0 amide bonds. The van der Waals surface area contributed by atoms with E-state index in [1.165, 1.54) is 31.3 Å². The van der Waals surface area contributed by atoms with Crippen molar-refractivity contribution in [1.82, 2.24) is 5.32 Å². The Balaban J connectivity index is 3.61. The number of allylic oxidation sites excluding steroid dienone is 1. The van der Waals surface area contributed by atoms with Crippen LogP contribution in [0.25, 0.3) is 0 Å². The smallest absolute Gasteiger partial charge is 0.0970 e. The zero-order valence-electron chi connectivity index (χ0n) is 10.8. The van der Waals surface area contributed by atoms with Crippen LogP contribution in [0, 0.1) is 0 Å². The van der Waals surface area contributed by atoms with E-state index >= 15 is 0 Å². The molecule has 0 atom stereocenters. The third-order valence-corrected chi connectivity index (χ3v) is 2.45. The van der Waals surface area contributed by atoms with Crippen molar-refractivity contribution in [3.63, 3.8) is 0 Å². The minimum absolute atomic E-state index is 0.956. The van der Waals surface area contributed by atoms with Gasteiger partial charge in [-0.25, -0.2) is 0 Å². The van der Waals surface area contributed by atoms with Crippen LogP contribution in [0.15, 0.2) is 16.8 Å². The van der Waals surface area contributed by atoms with Crippen molar-refractivity contribution in [1.29, 1.82) is 0 Å². The highest BCUT2D eigenvalue weighted by atomic mass is 15.0. The highest BCUT2D eigenvalue weighted by Gasteiger charge is 1.89. The van der Waals surface area contributed by atoms with Gasteiger partial charge in [0.15, 0.2) is 0 Å². The molecule has 0 radical (unpaired) electrons. The summed E-state index contributed by atoms with van der Waals surface area (Å²) in [6.45, 7) is 9.50. The van der Waals surface area contributed by atoms with Gasteiger partial charge in [-0.15, -0.1) is 0 Å². The van der Waals surface area contributed by atoms with Crippen LogP contribution in [0.1, 0.15) is 59.8 Å². The second kappa shape index (κ2) is 9.75. The zero-order chi connectivity index (χ0) is 11.5. The van der Waals surface area contributed by atoms with Gasteiger partial charge in [0.2, 0.25) is 0 Å². The summed E-state index contributed by atoms with van der Waals surface area (Å²) in [5, 5.41) is 3.21. The lowest BCUT2D eigenvalue weighted by atomic mass is 10.2. The predicted octanol–water partition coefficient (Wildman–Crippen LogP) is 3.89. The molecule has 0 aliphatic rings. The fourth-order valence-electron chi connectivity index (χ4n) is 1.16. The van der Waals surface area contributed by atoms with Gasteiger partial charge < -0.3 is 5.32 Å². The number of amidine groups is 1. The summed E-state index contributed by atoms with van der Waals surface area (Å²) in [6.07, 6.45) is 8.28. The molecule has 2 heteroatoms. The molecule has 0 bridgehead atoms. The normalized spacial score (nSPS) is 13.1. The second-order valence-electron chi connectivity index (χ2n) is 4.02. The third-order valence-electron chi connectivity index (χ3n) is 2.45. The van der Waals surface area contributed by atoms with Crippen molar-refractivity contribution in [2.45, 2.75) is 59.8 Å². The number of nitrogens with zero attached hydrogens (tertiary/aromatic N) is 1. The molecule has 0 rings (SSSR count). The van der Waals surface area contributed by atoms with E-state index in [0.717, 1.165) is 18.8 Å². The molecule has 0 aromatic rings. The molecule has 0 fully saturated rings. The Labute approximate surface area is 94.9 Å². The predicted molar refractivity (Wildman–Crippen MR) is 69.3 cm³/mol. The van der Waals surface area contributed by atoms with Crippen LogP contribution in [0.4, 0.5) is 0 Å². The lowest BCUT2D eigenvalue weighted by molar-refractivity contribution is 0.674. The van der Waals surface area contributed by atoms with Crippen molar-refractivity contribution in [2.75, 3.05) is 6.54 Å². The topological polar surface area (TPSA) is 24.4 Å². The Bertz CT molecular complexity index is 205. The van der Waals surface area contributed by atoms with Crippen LogP contribution in [-0.4, -0.2) is 12.4 Å². The van der Waals surface area contributed by atoms with E-state index < -0.39 is 0 Å².